The van der Waals surface area contributed by atoms with E-state index in [4.69, 9.17) is 9.72 Å². The smallest absolute Gasteiger partial charge is 0.261 e. The number of nitrogens with zero attached hydrogens (tertiary/aromatic N) is 3. The van der Waals surface area contributed by atoms with E-state index in [9.17, 15) is 9.59 Å². The third kappa shape index (κ3) is 4.12. The molecule has 2 rings (SSSR count). The number of carbonyl (C=O) groups excluding carboxylic acids is 1. The van der Waals surface area contributed by atoms with Gasteiger partial charge in [-0.3, -0.25) is 14.2 Å². The number of para-hydroxylation sites is 1. The van der Waals surface area contributed by atoms with Crippen molar-refractivity contribution in [2.75, 3.05) is 20.3 Å². The molecule has 0 aliphatic rings. The van der Waals surface area contributed by atoms with E-state index >= 15 is 0 Å². The molecule has 2 aromatic rings. The number of ether oxygens (including phenoxy) is 1. The van der Waals surface area contributed by atoms with E-state index in [1.165, 1.54) is 0 Å². The summed E-state index contributed by atoms with van der Waals surface area (Å²) >= 11 is 0. The van der Waals surface area contributed by atoms with Gasteiger partial charge >= 0.3 is 0 Å². The molecule has 0 aliphatic heterocycles. The highest BCUT2D eigenvalue weighted by atomic mass is 16.5. The van der Waals surface area contributed by atoms with Crippen LogP contribution in [0, 0.1) is 0 Å². The zero-order valence-corrected chi connectivity index (χ0v) is 16.2. The first-order valence-electron chi connectivity index (χ1n) is 9.36. The van der Waals surface area contributed by atoms with Crippen LogP contribution in [0.2, 0.25) is 0 Å². The van der Waals surface area contributed by atoms with Crippen LogP contribution < -0.4 is 5.56 Å². The molecule has 1 atom stereocenters. The molecule has 0 radical (unpaired) electrons. The number of amides is 1. The molecule has 0 N–H and O–H groups in total. The summed E-state index contributed by atoms with van der Waals surface area (Å²) in [5.41, 5.74) is 0.585. The molecule has 0 aliphatic carbocycles. The van der Waals surface area contributed by atoms with Gasteiger partial charge < -0.3 is 9.64 Å². The number of hydrogen-bond donors (Lipinski definition) is 0. The zero-order chi connectivity index (χ0) is 19.1. The van der Waals surface area contributed by atoms with E-state index in [2.05, 4.69) is 6.92 Å². The molecule has 1 unspecified atom stereocenters. The molecule has 1 heterocycles. The van der Waals surface area contributed by atoms with Gasteiger partial charge in [0.05, 0.1) is 30.1 Å². The molecular formula is C20H29N3O3. The van der Waals surface area contributed by atoms with Crippen molar-refractivity contribution in [3.63, 3.8) is 0 Å². The number of aromatic nitrogens is 2. The van der Waals surface area contributed by atoms with Crippen LogP contribution in [0.5, 0.6) is 0 Å². The molecule has 1 amide bonds. The maximum Gasteiger partial charge on any atom is 0.261 e. The van der Waals surface area contributed by atoms with E-state index in [1.54, 1.807) is 17.7 Å². The zero-order valence-electron chi connectivity index (χ0n) is 16.2. The molecule has 6 heteroatoms. The van der Waals surface area contributed by atoms with E-state index in [0.717, 1.165) is 6.42 Å². The molecule has 0 fully saturated rings. The second-order valence-electron chi connectivity index (χ2n) is 6.30. The van der Waals surface area contributed by atoms with Crippen molar-refractivity contribution < 1.29 is 9.53 Å². The predicted molar refractivity (Wildman–Crippen MR) is 103 cm³/mol. The monoisotopic (exact) mass is 359 g/mol. The summed E-state index contributed by atoms with van der Waals surface area (Å²) in [5.74, 6) is 0.725. The quantitative estimate of drug-likeness (QED) is 0.690. The summed E-state index contributed by atoms with van der Waals surface area (Å²) in [6.45, 7) is 7.42. The van der Waals surface area contributed by atoms with Gasteiger partial charge in [0.1, 0.15) is 5.82 Å². The van der Waals surface area contributed by atoms with Crippen LogP contribution in [0.25, 0.3) is 10.9 Å². The summed E-state index contributed by atoms with van der Waals surface area (Å²) in [4.78, 5) is 32.2. The van der Waals surface area contributed by atoms with Crippen molar-refractivity contribution in [3.8, 4) is 0 Å². The van der Waals surface area contributed by atoms with Gasteiger partial charge in [-0.05, 0) is 25.0 Å². The molecule has 1 aromatic carbocycles. The van der Waals surface area contributed by atoms with Crippen LogP contribution in [-0.2, 0) is 16.1 Å². The number of carbonyl (C=O) groups is 1. The largest absolute Gasteiger partial charge is 0.383 e. The van der Waals surface area contributed by atoms with E-state index in [-0.39, 0.29) is 17.5 Å². The SMILES string of the molecule is CCCN(C(=O)CC)C(CC)c1nc2ccccc2c(=O)n1CCOC. The second-order valence-corrected chi connectivity index (χ2v) is 6.30. The fourth-order valence-corrected chi connectivity index (χ4v) is 3.28. The van der Waals surface area contributed by atoms with Crippen molar-refractivity contribution in [1.29, 1.82) is 0 Å². The highest BCUT2D eigenvalue weighted by Crippen LogP contribution is 2.24. The van der Waals surface area contributed by atoms with Crippen LogP contribution in [0.4, 0.5) is 0 Å². The highest BCUT2D eigenvalue weighted by Gasteiger charge is 2.27. The van der Waals surface area contributed by atoms with Crippen molar-refractivity contribution in [3.05, 3.63) is 40.4 Å². The van der Waals surface area contributed by atoms with E-state index < -0.39 is 0 Å². The fourth-order valence-electron chi connectivity index (χ4n) is 3.28. The van der Waals surface area contributed by atoms with Crippen molar-refractivity contribution in [2.24, 2.45) is 0 Å². The molecular weight excluding hydrogens is 330 g/mol. The van der Waals surface area contributed by atoms with Gasteiger partial charge in [0.15, 0.2) is 0 Å². The Morgan fingerprint density at radius 2 is 2.00 bits per heavy atom. The van der Waals surface area contributed by atoms with E-state index in [1.807, 2.05) is 36.9 Å². The Bertz CT molecular complexity index is 800. The van der Waals surface area contributed by atoms with Crippen LogP contribution in [0.3, 0.4) is 0 Å². The topological polar surface area (TPSA) is 64.4 Å². The Kier molecular flexibility index (Phi) is 7.33. The van der Waals surface area contributed by atoms with Gasteiger partial charge in [-0.15, -0.1) is 0 Å². The first kappa shape index (κ1) is 20.1. The Balaban J connectivity index is 2.66. The van der Waals surface area contributed by atoms with Gasteiger partial charge in [0.2, 0.25) is 5.91 Å². The Morgan fingerprint density at radius 1 is 1.27 bits per heavy atom. The van der Waals surface area contributed by atoms with Crippen molar-refractivity contribution >= 4 is 16.8 Å². The van der Waals surface area contributed by atoms with Crippen LogP contribution in [0.1, 0.15) is 51.9 Å². The number of methoxy groups -OCH3 is 1. The fraction of sp³-hybridized carbons (Fsp3) is 0.550. The molecule has 26 heavy (non-hydrogen) atoms. The van der Waals surface area contributed by atoms with Gasteiger partial charge in [-0.25, -0.2) is 4.98 Å². The summed E-state index contributed by atoms with van der Waals surface area (Å²) in [5, 5.41) is 0.589. The molecule has 1 aromatic heterocycles. The van der Waals surface area contributed by atoms with Gasteiger partial charge in [-0.2, -0.15) is 0 Å². The lowest BCUT2D eigenvalue weighted by Crippen LogP contribution is -2.39. The van der Waals surface area contributed by atoms with Crippen molar-refractivity contribution in [2.45, 2.75) is 52.6 Å². The summed E-state index contributed by atoms with van der Waals surface area (Å²) < 4.78 is 6.86. The van der Waals surface area contributed by atoms with Gasteiger partial charge in [0.25, 0.3) is 5.56 Å². The van der Waals surface area contributed by atoms with E-state index in [0.29, 0.717) is 49.3 Å². The van der Waals surface area contributed by atoms with Gasteiger partial charge in [0, 0.05) is 20.1 Å². The number of benzene rings is 1. The minimum atomic E-state index is -0.225. The lowest BCUT2D eigenvalue weighted by Gasteiger charge is -2.32. The molecule has 0 bridgehead atoms. The molecule has 0 saturated heterocycles. The number of rotatable bonds is 9. The second kappa shape index (κ2) is 9.48. The average molecular weight is 359 g/mol. The first-order valence-corrected chi connectivity index (χ1v) is 9.36. The van der Waals surface area contributed by atoms with Crippen molar-refractivity contribution in [1.82, 2.24) is 14.5 Å². The minimum Gasteiger partial charge on any atom is -0.383 e. The summed E-state index contributed by atoms with van der Waals surface area (Å²) in [6, 6.07) is 7.13. The number of hydrogen-bond acceptors (Lipinski definition) is 4. The Hall–Kier alpha value is -2.21. The lowest BCUT2D eigenvalue weighted by molar-refractivity contribution is -0.133. The third-order valence-electron chi connectivity index (χ3n) is 4.56. The summed E-state index contributed by atoms with van der Waals surface area (Å²) in [6.07, 6.45) is 1.99. The standard InChI is InChI=1S/C20H29N3O3/c1-5-12-22(18(24)7-3)17(6-2)19-21-16-11-9-8-10-15(16)20(25)23(19)13-14-26-4/h8-11,17H,5-7,12-14H2,1-4H3. The first-order chi connectivity index (χ1) is 12.6. The molecule has 6 nitrogen and oxygen atoms in total. The maximum absolute atomic E-state index is 13.1. The predicted octanol–water partition coefficient (Wildman–Crippen LogP) is 3.14. The molecule has 0 saturated carbocycles. The van der Waals surface area contributed by atoms with Crippen LogP contribution in [0.15, 0.2) is 29.1 Å². The molecule has 0 spiro atoms. The third-order valence-corrected chi connectivity index (χ3v) is 4.56. The van der Waals surface area contributed by atoms with Crippen LogP contribution >= 0.6 is 0 Å². The Morgan fingerprint density at radius 3 is 2.62 bits per heavy atom. The van der Waals surface area contributed by atoms with Crippen LogP contribution in [-0.4, -0.2) is 40.6 Å². The average Bonchev–Trinajstić information content (AvgIpc) is 2.67. The summed E-state index contributed by atoms with van der Waals surface area (Å²) in [7, 11) is 1.61. The lowest BCUT2D eigenvalue weighted by atomic mass is 10.1. The minimum absolute atomic E-state index is 0.0819. The highest BCUT2D eigenvalue weighted by molar-refractivity contribution is 5.78. The Labute approximate surface area is 154 Å². The number of fused-ring (bicyclic) bond motifs is 1. The molecule has 142 valence electrons. The van der Waals surface area contributed by atoms with Gasteiger partial charge in [-0.1, -0.05) is 32.9 Å². The maximum atomic E-state index is 13.1. The normalized spacial score (nSPS) is 12.3.